The summed E-state index contributed by atoms with van der Waals surface area (Å²) in [5.41, 5.74) is 3.44. The van der Waals surface area contributed by atoms with Gasteiger partial charge in [-0.1, -0.05) is 0 Å². The number of hydrogen-bond donors (Lipinski definition) is 0. The molecule has 0 aromatic heterocycles. The van der Waals surface area contributed by atoms with Gasteiger partial charge >= 0.3 is 127 Å². The van der Waals surface area contributed by atoms with E-state index in [1.54, 1.807) is 11.1 Å². The van der Waals surface area contributed by atoms with Gasteiger partial charge < -0.3 is 0 Å². The molecule has 19 heavy (non-hydrogen) atoms. The first kappa shape index (κ1) is 13.7. The third kappa shape index (κ3) is 3.10. The molecule has 0 heterocycles. The summed E-state index contributed by atoms with van der Waals surface area (Å²) < 4.78 is 1.50. The maximum atomic E-state index is 2.85. The summed E-state index contributed by atoms with van der Waals surface area (Å²) >= 11 is 2.85. The van der Waals surface area contributed by atoms with E-state index < -0.39 is 0 Å². The first-order valence-corrected chi connectivity index (χ1v) is 9.12. The summed E-state index contributed by atoms with van der Waals surface area (Å²) in [4.78, 5) is 0. The Labute approximate surface area is 126 Å². The first-order chi connectivity index (χ1) is 9.36. The van der Waals surface area contributed by atoms with Gasteiger partial charge in [0.2, 0.25) is 0 Å². The van der Waals surface area contributed by atoms with E-state index >= 15 is 0 Å². The van der Waals surface area contributed by atoms with Crippen molar-refractivity contribution in [2.45, 2.75) is 76.0 Å². The van der Waals surface area contributed by atoms with Gasteiger partial charge in [0, 0.05) is 0 Å². The van der Waals surface area contributed by atoms with Gasteiger partial charge in [-0.2, -0.15) is 0 Å². The molecule has 2 saturated carbocycles. The van der Waals surface area contributed by atoms with E-state index in [4.69, 9.17) is 0 Å². The molecule has 0 nitrogen and oxygen atoms in total. The molecule has 0 saturated heterocycles. The summed E-state index contributed by atoms with van der Waals surface area (Å²) in [6.45, 7) is 0. The van der Waals surface area contributed by atoms with Crippen molar-refractivity contribution in [1.82, 2.24) is 0 Å². The van der Waals surface area contributed by atoms with E-state index in [0.29, 0.717) is 0 Å². The van der Waals surface area contributed by atoms with Gasteiger partial charge in [-0.3, -0.25) is 0 Å². The third-order valence-corrected chi connectivity index (χ3v) is 5.99. The van der Waals surface area contributed by atoms with Gasteiger partial charge in [0.25, 0.3) is 0 Å². The van der Waals surface area contributed by atoms with E-state index in [1.807, 2.05) is 0 Å². The SMILES string of the molecule is [As]c1cccc(C2CCCCC2)c1C1CCCCC1. The quantitative estimate of drug-likeness (QED) is 0.701. The van der Waals surface area contributed by atoms with Crippen molar-refractivity contribution in [2.24, 2.45) is 0 Å². The Morgan fingerprint density at radius 2 is 1.32 bits per heavy atom. The van der Waals surface area contributed by atoms with Crippen molar-refractivity contribution in [2.75, 3.05) is 0 Å². The molecule has 2 aliphatic rings. The van der Waals surface area contributed by atoms with Gasteiger partial charge in [0.1, 0.15) is 0 Å². The van der Waals surface area contributed by atoms with Crippen LogP contribution in [-0.4, -0.2) is 16.9 Å². The van der Waals surface area contributed by atoms with E-state index in [2.05, 4.69) is 35.1 Å². The monoisotopic (exact) mass is 316 g/mol. The minimum absolute atomic E-state index is 0.852. The fraction of sp³-hybridized carbons (Fsp3) is 0.667. The molecule has 102 valence electrons. The van der Waals surface area contributed by atoms with Crippen LogP contribution in [0.3, 0.4) is 0 Å². The predicted octanol–water partition coefficient (Wildman–Crippen LogP) is 4.58. The van der Waals surface area contributed by atoms with Crippen molar-refractivity contribution in [3.05, 3.63) is 29.3 Å². The second-order valence-corrected chi connectivity index (χ2v) is 7.46. The fourth-order valence-electron chi connectivity index (χ4n) is 4.18. The van der Waals surface area contributed by atoms with Crippen LogP contribution in [0.25, 0.3) is 0 Å². The summed E-state index contributed by atoms with van der Waals surface area (Å²) in [5, 5.41) is 0. The molecular weight excluding hydrogens is 291 g/mol. The van der Waals surface area contributed by atoms with Gasteiger partial charge in [-0.05, 0) is 0 Å². The van der Waals surface area contributed by atoms with Crippen molar-refractivity contribution < 1.29 is 0 Å². The summed E-state index contributed by atoms with van der Waals surface area (Å²) in [7, 11) is 0. The third-order valence-electron chi connectivity index (χ3n) is 5.18. The van der Waals surface area contributed by atoms with Crippen LogP contribution in [0.1, 0.15) is 87.2 Å². The van der Waals surface area contributed by atoms with Crippen LogP contribution in [-0.2, 0) is 0 Å². The molecule has 0 unspecified atom stereocenters. The molecule has 0 aliphatic heterocycles. The van der Waals surface area contributed by atoms with E-state index in [0.717, 1.165) is 11.8 Å². The van der Waals surface area contributed by atoms with Crippen molar-refractivity contribution in [3.8, 4) is 0 Å². The van der Waals surface area contributed by atoms with Gasteiger partial charge in [0.15, 0.2) is 0 Å². The Bertz CT molecular complexity index is 412. The topological polar surface area (TPSA) is 0 Å². The second-order valence-electron chi connectivity index (χ2n) is 6.45. The van der Waals surface area contributed by atoms with Crippen LogP contribution in [0.5, 0.6) is 0 Å². The molecule has 2 radical (unpaired) electrons. The fourth-order valence-corrected chi connectivity index (χ4v) is 5.01. The van der Waals surface area contributed by atoms with Crippen LogP contribution in [0, 0.1) is 0 Å². The number of benzene rings is 1. The van der Waals surface area contributed by atoms with Crippen molar-refractivity contribution in [3.63, 3.8) is 0 Å². The molecule has 1 heteroatoms. The van der Waals surface area contributed by atoms with Gasteiger partial charge in [-0.15, -0.1) is 0 Å². The molecule has 1 aromatic rings. The van der Waals surface area contributed by atoms with Gasteiger partial charge in [-0.25, -0.2) is 0 Å². The maximum absolute atomic E-state index is 2.85. The van der Waals surface area contributed by atoms with Crippen molar-refractivity contribution >= 4 is 21.2 Å². The molecule has 0 bridgehead atoms. The van der Waals surface area contributed by atoms with Crippen LogP contribution < -0.4 is 4.35 Å². The Morgan fingerprint density at radius 3 is 1.95 bits per heavy atom. The molecule has 1 aromatic carbocycles. The van der Waals surface area contributed by atoms with Crippen LogP contribution in [0.4, 0.5) is 0 Å². The average Bonchev–Trinajstić information content (AvgIpc) is 2.49. The zero-order chi connectivity index (χ0) is 13.1. The Morgan fingerprint density at radius 1 is 0.737 bits per heavy atom. The summed E-state index contributed by atoms with van der Waals surface area (Å²) in [6, 6.07) is 7.04. The summed E-state index contributed by atoms with van der Waals surface area (Å²) in [6.07, 6.45) is 14.4. The zero-order valence-corrected chi connectivity index (χ0v) is 13.8. The number of hydrogen-bond acceptors (Lipinski definition) is 0. The Kier molecular flexibility index (Phi) is 4.69. The van der Waals surface area contributed by atoms with Crippen LogP contribution in [0.15, 0.2) is 18.2 Å². The zero-order valence-electron chi connectivity index (χ0n) is 11.9. The molecule has 0 atom stereocenters. The molecule has 3 rings (SSSR count). The Hall–Kier alpha value is -0.222. The van der Waals surface area contributed by atoms with Crippen LogP contribution >= 0.6 is 0 Å². The molecular formula is C18H25As. The van der Waals surface area contributed by atoms with Crippen molar-refractivity contribution in [1.29, 1.82) is 0 Å². The van der Waals surface area contributed by atoms with Gasteiger partial charge in [0.05, 0.1) is 0 Å². The molecule has 2 fully saturated rings. The van der Waals surface area contributed by atoms with E-state index in [-0.39, 0.29) is 0 Å². The summed E-state index contributed by atoms with van der Waals surface area (Å²) in [5.74, 6) is 1.71. The second kappa shape index (κ2) is 6.49. The minimum atomic E-state index is 0.852. The first-order valence-electron chi connectivity index (χ1n) is 8.18. The molecule has 0 spiro atoms. The average molecular weight is 316 g/mol. The van der Waals surface area contributed by atoms with E-state index in [9.17, 15) is 0 Å². The Balaban J connectivity index is 1.91. The standard InChI is InChI=1S/C18H25As/c19-17-13-7-12-16(14-8-3-1-4-9-14)18(17)15-10-5-2-6-11-15/h7,12-15H,1-6,8-11H2. The normalized spacial score (nSPS) is 22.6. The van der Waals surface area contributed by atoms with E-state index in [1.165, 1.54) is 68.6 Å². The predicted molar refractivity (Wildman–Crippen MR) is 83.5 cm³/mol. The molecule has 0 amide bonds. The molecule has 0 N–H and O–H groups in total. The molecule has 2 aliphatic carbocycles. The number of rotatable bonds is 2. The van der Waals surface area contributed by atoms with Crippen LogP contribution in [0.2, 0.25) is 0 Å².